The van der Waals surface area contributed by atoms with Crippen LogP contribution in [0.15, 0.2) is 12.1 Å². The first-order valence-electron chi connectivity index (χ1n) is 7.38. The molecule has 0 radical (unpaired) electrons. The van der Waals surface area contributed by atoms with Crippen LogP contribution in [0, 0.1) is 19.8 Å². The van der Waals surface area contributed by atoms with Crippen LogP contribution in [0.5, 0.6) is 0 Å². The quantitative estimate of drug-likeness (QED) is 0.851. The molecule has 0 amide bonds. The molecule has 1 unspecified atom stereocenters. The number of rotatable bonds is 5. The zero-order valence-electron chi connectivity index (χ0n) is 12.0. The smallest absolute Gasteiger partial charge is 0.0423 e. The van der Waals surface area contributed by atoms with E-state index in [-0.39, 0.29) is 0 Å². The van der Waals surface area contributed by atoms with E-state index in [2.05, 4.69) is 43.2 Å². The summed E-state index contributed by atoms with van der Waals surface area (Å²) < 4.78 is 0. The highest BCUT2D eigenvalue weighted by molar-refractivity contribution is 5.25. The molecule has 1 aromatic rings. The molecule has 0 spiro atoms. The number of nitrogens with one attached hydrogen (secondary N) is 1. The lowest BCUT2D eigenvalue weighted by Gasteiger charge is -2.23. The summed E-state index contributed by atoms with van der Waals surface area (Å²) in [6, 6.07) is 4.90. The van der Waals surface area contributed by atoms with E-state index >= 15 is 0 Å². The van der Waals surface area contributed by atoms with Crippen molar-refractivity contribution in [3.63, 3.8) is 0 Å². The molecule has 1 saturated carbocycles. The summed E-state index contributed by atoms with van der Waals surface area (Å²) in [4.78, 5) is 4.61. The van der Waals surface area contributed by atoms with Gasteiger partial charge in [0.25, 0.3) is 0 Å². The third-order valence-electron chi connectivity index (χ3n) is 4.14. The Morgan fingerprint density at radius 1 is 1.28 bits per heavy atom. The van der Waals surface area contributed by atoms with Gasteiger partial charge in [0.15, 0.2) is 0 Å². The Labute approximate surface area is 111 Å². The molecule has 1 aliphatic rings. The lowest BCUT2D eigenvalue weighted by Crippen LogP contribution is -2.24. The van der Waals surface area contributed by atoms with Crippen LogP contribution in [-0.4, -0.2) is 11.5 Å². The van der Waals surface area contributed by atoms with Crippen molar-refractivity contribution in [1.82, 2.24) is 10.3 Å². The van der Waals surface area contributed by atoms with Crippen molar-refractivity contribution in [2.24, 2.45) is 5.92 Å². The van der Waals surface area contributed by atoms with Crippen molar-refractivity contribution in [1.29, 1.82) is 0 Å². The van der Waals surface area contributed by atoms with E-state index < -0.39 is 0 Å². The molecule has 2 heteroatoms. The molecule has 1 atom stereocenters. The van der Waals surface area contributed by atoms with Gasteiger partial charge in [0.05, 0.1) is 0 Å². The third-order valence-corrected chi connectivity index (χ3v) is 4.14. The highest BCUT2D eigenvalue weighted by Gasteiger charge is 2.22. The van der Waals surface area contributed by atoms with Gasteiger partial charge in [-0.1, -0.05) is 38.7 Å². The zero-order chi connectivity index (χ0) is 13.0. The molecule has 1 aliphatic carbocycles. The second kappa shape index (κ2) is 6.33. The number of aryl methyl sites for hydroxylation is 2. The standard InChI is InChI=1S/C16H26N2/c1-4-17-16(11-14-7-5-6-8-14)15-10-9-12(2)18-13(15)3/h9-10,14,16-17H,4-8,11H2,1-3H3. The molecule has 100 valence electrons. The Hall–Kier alpha value is -0.890. The molecule has 0 aromatic carbocycles. The predicted octanol–water partition coefficient (Wildman–Crippen LogP) is 3.93. The lowest BCUT2D eigenvalue weighted by molar-refractivity contribution is 0.399. The van der Waals surface area contributed by atoms with Gasteiger partial charge in [0.2, 0.25) is 0 Å². The van der Waals surface area contributed by atoms with E-state index in [1.165, 1.54) is 43.4 Å². The Morgan fingerprint density at radius 3 is 2.61 bits per heavy atom. The van der Waals surface area contributed by atoms with E-state index in [0.717, 1.165) is 18.2 Å². The first-order chi connectivity index (χ1) is 8.70. The first-order valence-corrected chi connectivity index (χ1v) is 7.38. The predicted molar refractivity (Wildman–Crippen MR) is 76.7 cm³/mol. The van der Waals surface area contributed by atoms with Gasteiger partial charge in [-0.3, -0.25) is 4.98 Å². The summed E-state index contributed by atoms with van der Waals surface area (Å²) in [5.74, 6) is 0.912. The second-order valence-corrected chi connectivity index (χ2v) is 5.62. The van der Waals surface area contributed by atoms with E-state index in [1.807, 2.05) is 0 Å². The summed E-state index contributed by atoms with van der Waals surface area (Å²) >= 11 is 0. The Kier molecular flexibility index (Phi) is 4.76. The molecular weight excluding hydrogens is 220 g/mol. The van der Waals surface area contributed by atoms with Crippen molar-refractivity contribution in [2.75, 3.05) is 6.54 Å². The maximum absolute atomic E-state index is 4.61. The van der Waals surface area contributed by atoms with Gasteiger partial charge in [-0.05, 0) is 44.4 Å². The molecule has 0 bridgehead atoms. The summed E-state index contributed by atoms with van der Waals surface area (Å²) in [5, 5.41) is 3.65. The fourth-order valence-electron chi connectivity index (χ4n) is 3.21. The van der Waals surface area contributed by atoms with Crippen LogP contribution in [-0.2, 0) is 0 Å². The van der Waals surface area contributed by atoms with E-state index in [0.29, 0.717) is 6.04 Å². The van der Waals surface area contributed by atoms with Crippen LogP contribution in [0.4, 0.5) is 0 Å². The summed E-state index contributed by atoms with van der Waals surface area (Å²) in [5.41, 5.74) is 3.71. The molecule has 1 aromatic heterocycles. The van der Waals surface area contributed by atoms with Gasteiger partial charge in [0.1, 0.15) is 0 Å². The monoisotopic (exact) mass is 246 g/mol. The van der Waals surface area contributed by atoms with Crippen molar-refractivity contribution < 1.29 is 0 Å². The highest BCUT2D eigenvalue weighted by Crippen LogP contribution is 2.33. The number of pyridine rings is 1. The molecule has 1 heterocycles. The van der Waals surface area contributed by atoms with Crippen LogP contribution < -0.4 is 5.32 Å². The van der Waals surface area contributed by atoms with Crippen molar-refractivity contribution in [3.8, 4) is 0 Å². The van der Waals surface area contributed by atoms with Crippen LogP contribution in [0.2, 0.25) is 0 Å². The normalized spacial score (nSPS) is 18.2. The molecular formula is C16H26N2. The van der Waals surface area contributed by atoms with Crippen LogP contribution in [0.3, 0.4) is 0 Å². The molecule has 2 nitrogen and oxygen atoms in total. The van der Waals surface area contributed by atoms with Crippen molar-refractivity contribution in [2.45, 2.75) is 58.9 Å². The van der Waals surface area contributed by atoms with Gasteiger partial charge in [-0.15, -0.1) is 0 Å². The van der Waals surface area contributed by atoms with Crippen LogP contribution in [0.1, 0.15) is 62.0 Å². The van der Waals surface area contributed by atoms with Gasteiger partial charge in [-0.2, -0.15) is 0 Å². The van der Waals surface area contributed by atoms with Gasteiger partial charge in [-0.25, -0.2) is 0 Å². The highest BCUT2D eigenvalue weighted by atomic mass is 14.9. The average molecular weight is 246 g/mol. The summed E-state index contributed by atoms with van der Waals surface area (Å²) in [7, 11) is 0. The fraction of sp³-hybridized carbons (Fsp3) is 0.688. The molecule has 1 fully saturated rings. The SMILES string of the molecule is CCNC(CC1CCCC1)c1ccc(C)nc1C. The van der Waals surface area contributed by atoms with E-state index in [4.69, 9.17) is 0 Å². The number of aromatic nitrogens is 1. The largest absolute Gasteiger partial charge is 0.310 e. The number of hydrogen-bond donors (Lipinski definition) is 1. The second-order valence-electron chi connectivity index (χ2n) is 5.62. The van der Waals surface area contributed by atoms with Gasteiger partial charge >= 0.3 is 0 Å². The van der Waals surface area contributed by atoms with Crippen molar-refractivity contribution >= 4 is 0 Å². The molecule has 18 heavy (non-hydrogen) atoms. The number of nitrogens with zero attached hydrogens (tertiary/aromatic N) is 1. The maximum atomic E-state index is 4.61. The minimum Gasteiger partial charge on any atom is -0.310 e. The minimum absolute atomic E-state index is 0.492. The Balaban J connectivity index is 2.12. The third kappa shape index (κ3) is 3.32. The Morgan fingerprint density at radius 2 is 2.00 bits per heavy atom. The summed E-state index contributed by atoms with van der Waals surface area (Å²) in [6.45, 7) is 7.43. The van der Waals surface area contributed by atoms with Crippen LogP contribution >= 0.6 is 0 Å². The topological polar surface area (TPSA) is 24.9 Å². The fourth-order valence-corrected chi connectivity index (χ4v) is 3.21. The minimum atomic E-state index is 0.492. The van der Waals surface area contributed by atoms with Gasteiger partial charge < -0.3 is 5.32 Å². The molecule has 2 rings (SSSR count). The molecule has 0 saturated heterocycles. The lowest BCUT2D eigenvalue weighted by atomic mass is 9.92. The summed E-state index contributed by atoms with van der Waals surface area (Å²) in [6.07, 6.45) is 6.96. The van der Waals surface area contributed by atoms with E-state index in [1.54, 1.807) is 0 Å². The molecule has 0 aliphatic heterocycles. The molecule has 1 N–H and O–H groups in total. The van der Waals surface area contributed by atoms with Crippen molar-refractivity contribution in [3.05, 3.63) is 29.1 Å². The van der Waals surface area contributed by atoms with E-state index in [9.17, 15) is 0 Å². The Bertz CT molecular complexity index is 381. The zero-order valence-corrected chi connectivity index (χ0v) is 12.0. The average Bonchev–Trinajstić information content (AvgIpc) is 2.81. The maximum Gasteiger partial charge on any atom is 0.0423 e. The van der Waals surface area contributed by atoms with Crippen LogP contribution in [0.25, 0.3) is 0 Å². The number of hydrogen-bond acceptors (Lipinski definition) is 2. The van der Waals surface area contributed by atoms with Gasteiger partial charge in [0, 0.05) is 17.4 Å². The first kappa shape index (κ1) is 13.5.